The first-order chi connectivity index (χ1) is 13.6. The largest absolute Gasteiger partial charge is 0.481 e. The van der Waals surface area contributed by atoms with Gasteiger partial charge >= 0.3 is 0 Å². The Kier molecular flexibility index (Phi) is 5.04. The molecule has 140 valence electrons. The molecule has 0 bridgehead atoms. The second-order valence-corrected chi connectivity index (χ2v) is 7.42. The molecule has 0 aliphatic rings. The predicted molar refractivity (Wildman–Crippen MR) is 113 cm³/mol. The smallest absolute Gasteiger partial charge is 0.265 e. The van der Waals surface area contributed by atoms with Crippen LogP contribution in [-0.4, -0.2) is 22.0 Å². The van der Waals surface area contributed by atoms with Gasteiger partial charge in [0, 0.05) is 17.4 Å². The van der Waals surface area contributed by atoms with E-state index in [-0.39, 0.29) is 5.91 Å². The highest BCUT2D eigenvalue weighted by Crippen LogP contribution is 2.31. The summed E-state index contributed by atoms with van der Waals surface area (Å²) in [6, 6.07) is 19.0. The number of hydrogen-bond donors (Lipinski definition) is 1. The second kappa shape index (κ2) is 7.78. The Morgan fingerprint density at radius 2 is 1.93 bits per heavy atom. The number of hydrogen-bond acceptors (Lipinski definition) is 5. The molecule has 0 saturated carbocycles. The highest BCUT2D eigenvalue weighted by atomic mass is 32.1. The molecule has 0 spiro atoms. The normalized spacial score (nSPS) is 11.9. The molecule has 4 aromatic rings. The molecule has 1 amide bonds. The summed E-state index contributed by atoms with van der Waals surface area (Å²) in [5.74, 6) is 0.477. The fraction of sp³-hybridized carbons (Fsp3) is 0.136. The number of pyridine rings is 1. The standard InChI is InChI=1S/C22H19N3O2S/c1-14-13-16(21-25-19-9-6-12-23-22(19)28-21)10-11-18(14)24-20(26)15(2)27-17-7-4-3-5-8-17/h3-13,15H,1-2H3,(H,24,26). The van der Waals surface area contributed by atoms with Gasteiger partial charge in [0.25, 0.3) is 5.91 Å². The number of carbonyl (C=O) groups is 1. The highest BCUT2D eigenvalue weighted by Gasteiger charge is 2.16. The summed E-state index contributed by atoms with van der Waals surface area (Å²) in [5.41, 5.74) is 3.62. The summed E-state index contributed by atoms with van der Waals surface area (Å²) >= 11 is 1.56. The zero-order valence-corrected chi connectivity index (χ0v) is 16.4. The van der Waals surface area contributed by atoms with Crippen LogP contribution in [0.15, 0.2) is 66.9 Å². The van der Waals surface area contributed by atoms with Gasteiger partial charge < -0.3 is 10.1 Å². The zero-order valence-electron chi connectivity index (χ0n) is 15.5. The van der Waals surface area contributed by atoms with Gasteiger partial charge in [-0.05, 0) is 61.9 Å². The molecule has 1 unspecified atom stereocenters. The number of aromatic nitrogens is 2. The minimum Gasteiger partial charge on any atom is -0.481 e. The number of carbonyl (C=O) groups excluding carboxylic acids is 1. The van der Waals surface area contributed by atoms with Crippen LogP contribution in [0.1, 0.15) is 12.5 Å². The van der Waals surface area contributed by atoms with E-state index in [4.69, 9.17) is 4.74 Å². The summed E-state index contributed by atoms with van der Waals surface area (Å²) in [5, 5.41) is 3.85. The summed E-state index contributed by atoms with van der Waals surface area (Å²) in [7, 11) is 0. The van der Waals surface area contributed by atoms with Crippen LogP contribution < -0.4 is 10.1 Å². The fourth-order valence-corrected chi connectivity index (χ4v) is 3.73. The van der Waals surface area contributed by atoms with E-state index < -0.39 is 6.10 Å². The average molecular weight is 389 g/mol. The zero-order chi connectivity index (χ0) is 19.5. The maximum atomic E-state index is 12.5. The predicted octanol–water partition coefficient (Wildman–Crippen LogP) is 5.07. The SMILES string of the molecule is Cc1cc(-c2nc3cccnc3s2)ccc1NC(=O)C(C)Oc1ccccc1. The van der Waals surface area contributed by atoms with Crippen molar-refractivity contribution in [2.45, 2.75) is 20.0 Å². The number of fused-ring (bicyclic) bond motifs is 1. The Labute approximate surface area is 167 Å². The van der Waals surface area contributed by atoms with E-state index in [0.717, 1.165) is 32.2 Å². The molecule has 6 heteroatoms. The van der Waals surface area contributed by atoms with E-state index >= 15 is 0 Å². The average Bonchev–Trinajstić information content (AvgIpc) is 3.14. The number of rotatable bonds is 5. The van der Waals surface area contributed by atoms with E-state index in [2.05, 4.69) is 15.3 Å². The number of para-hydroxylation sites is 1. The third-order valence-electron chi connectivity index (χ3n) is 4.32. The Balaban J connectivity index is 1.49. The number of aryl methyl sites for hydroxylation is 1. The van der Waals surface area contributed by atoms with Gasteiger partial charge in [0.2, 0.25) is 0 Å². The van der Waals surface area contributed by atoms with E-state index in [0.29, 0.717) is 5.75 Å². The van der Waals surface area contributed by atoms with Gasteiger partial charge in [-0.1, -0.05) is 29.5 Å². The first-order valence-corrected chi connectivity index (χ1v) is 9.77. The summed E-state index contributed by atoms with van der Waals surface area (Å²) in [6.07, 6.45) is 1.17. The number of ether oxygens (including phenoxy) is 1. The van der Waals surface area contributed by atoms with Crippen molar-refractivity contribution in [1.82, 2.24) is 9.97 Å². The molecule has 2 aromatic carbocycles. The molecule has 0 saturated heterocycles. The maximum absolute atomic E-state index is 12.5. The molecule has 0 aliphatic heterocycles. The van der Waals surface area contributed by atoms with Gasteiger partial charge in [-0.3, -0.25) is 4.79 Å². The third-order valence-corrected chi connectivity index (χ3v) is 5.35. The first kappa shape index (κ1) is 18.1. The van der Waals surface area contributed by atoms with Crippen LogP contribution >= 0.6 is 11.3 Å². The van der Waals surface area contributed by atoms with E-state index in [1.807, 2.05) is 67.6 Å². The van der Waals surface area contributed by atoms with Crippen LogP contribution in [0.2, 0.25) is 0 Å². The number of anilines is 1. The number of amides is 1. The lowest BCUT2D eigenvalue weighted by Crippen LogP contribution is -2.30. The van der Waals surface area contributed by atoms with Crippen LogP contribution in [0.3, 0.4) is 0 Å². The van der Waals surface area contributed by atoms with Crippen molar-refractivity contribution in [2.24, 2.45) is 0 Å². The minimum atomic E-state index is -0.600. The molecule has 2 aromatic heterocycles. The van der Waals surface area contributed by atoms with Gasteiger partial charge in [-0.2, -0.15) is 0 Å². The van der Waals surface area contributed by atoms with Crippen molar-refractivity contribution in [2.75, 3.05) is 5.32 Å². The second-order valence-electron chi connectivity index (χ2n) is 6.44. The van der Waals surface area contributed by atoms with Gasteiger partial charge in [0.05, 0.1) is 0 Å². The van der Waals surface area contributed by atoms with Crippen molar-refractivity contribution in [1.29, 1.82) is 0 Å². The molecule has 4 rings (SSSR count). The van der Waals surface area contributed by atoms with Crippen LogP contribution in [0.25, 0.3) is 20.9 Å². The quantitative estimate of drug-likeness (QED) is 0.517. The molecule has 1 N–H and O–H groups in total. The number of benzene rings is 2. The Morgan fingerprint density at radius 1 is 1.11 bits per heavy atom. The molecule has 28 heavy (non-hydrogen) atoms. The van der Waals surface area contributed by atoms with Gasteiger partial charge in [0.1, 0.15) is 21.1 Å². The van der Waals surface area contributed by atoms with Crippen molar-refractivity contribution < 1.29 is 9.53 Å². The van der Waals surface area contributed by atoms with Crippen molar-refractivity contribution in [3.63, 3.8) is 0 Å². The lowest BCUT2D eigenvalue weighted by Gasteiger charge is -2.16. The molecule has 1 atom stereocenters. The molecular formula is C22H19N3O2S. The molecule has 2 heterocycles. The molecule has 5 nitrogen and oxygen atoms in total. The van der Waals surface area contributed by atoms with Crippen molar-refractivity contribution >= 4 is 33.3 Å². The topological polar surface area (TPSA) is 64.1 Å². The maximum Gasteiger partial charge on any atom is 0.265 e. The summed E-state index contributed by atoms with van der Waals surface area (Å²) in [6.45, 7) is 3.70. The van der Waals surface area contributed by atoms with Crippen molar-refractivity contribution in [3.8, 4) is 16.3 Å². The first-order valence-electron chi connectivity index (χ1n) is 8.95. The Bertz CT molecular complexity index is 1090. The van der Waals surface area contributed by atoms with Crippen LogP contribution in [0.4, 0.5) is 5.69 Å². The Morgan fingerprint density at radius 3 is 2.68 bits per heavy atom. The van der Waals surface area contributed by atoms with Gasteiger partial charge in [-0.25, -0.2) is 9.97 Å². The van der Waals surface area contributed by atoms with Gasteiger partial charge in [0.15, 0.2) is 6.10 Å². The molecular weight excluding hydrogens is 370 g/mol. The third kappa shape index (κ3) is 3.87. The van der Waals surface area contributed by atoms with Crippen LogP contribution in [-0.2, 0) is 4.79 Å². The summed E-state index contributed by atoms with van der Waals surface area (Å²) < 4.78 is 5.69. The highest BCUT2D eigenvalue weighted by molar-refractivity contribution is 7.21. The lowest BCUT2D eigenvalue weighted by molar-refractivity contribution is -0.122. The lowest BCUT2D eigenvalue weighted by atomic mass is 10.1. The minimum absolute atomic E-state index is 0.191. The molecule has 0 radical (unpaired) electrons. The Hall–Kier alpha value is -3.25. The van der Waals surface area contributed by atoms with Crippen LogP contribution in [0, 0.1) is 6.92 Å². The summed E-state index contributed by atoms with van der Waals surface area (Å²) in [4.78, 5) is 22.4. The van der Waals surface area contributed by atoms with E-state index in [1.54, 1.807) is 24.5 Å². The van der Waals surface area contributed by atoms with E-state index in [1.165, 1.54) is 0 Å². The fourth-order valence-electron chi connectivity index (χ4n) is 2.82. The molecule has 0 aliphatic carbocycles. The molecule has 0 fully saturated rings. The number of nitrogens with one attached hydrogen (secondary N) is 1. The van der Waals surface area contributed by atoms with Crippen LogP contribution in [0.5, 0.6) is 5.75 Å². The monoisotopic (exact) mass is 389 g/mol. The number of nitrogens with zero attached hydrogens (tertiary/aromatic N) is 2. The number of thiazole rings is 1. The van der Waals surface area contributed by atoms with Crippen molar-refractivity contribution in [3.05, 3.63) is 72.4 Å². The van der Waals surface area contributed by atoms with E-state index in [9.17, 15) is 4.79 Å². The van der Waals surface area contributed by atoms with Gasteiger partial charge in [-0.15, -0.1) is 0 Å².